The predicted molar refractivity (Wildman–Crippen MR) is 54.7 cm³/mol. The third-order valence-corrected chi connectivity index (χ3v) is 1.72. The lowest BCUT2D eigenvalue weighted by Crippen LogP contribution is -1.99. The van der Waals surface area contributed by atoms with Crippen molar-refractivity contribution >= 4 is 17.3 Å². The molecule has 0 spiro atoms. The first-order valence-corrected chi connectivity index (χ1v) is 4.67. The van der Waals surface area contributed by atoms with E-state index < -0.39 is 11.6 Å². The van der Waals surface area contributed by atoms with E-state index in [-0.39, 0.29) is 0 Å². The zero-order chi connectivity index (χ0) is 10.4. The maximum Gasteiger partial charge on any atom is 0.128 e. The topological polar surface area (TPSA) is 12.0 Å². The predicted octanol–water partition coefficient (Wildman–Crippen LogP) is 3.17. The third kappa shape index (κ3) is 3.75. The second-order valence-corrected chi connectivity index (χ2v) is 2.97. The fourth-order valence-corrected chi connectivity index (χ4v) is 1.10. The summed E-state index contributed by atoms with van der Waals surface area (Å²) in [5.41, 5.74) is 0.418. The van der Waals surface area contributed by atoms with Gasteiger partial charge in [0.05, 0.1) is 0 Å². The molecule has 0 atom stereocenters. The number of alkyl halides is 1. The van der Waals surface area contributed by atoms with Gasteiger partial charge >= 0.3 is 0 Å². The van der Waals surface area contributed by atoms with Gasteiger partial charge in [0.2, 0.25) is 0 Å². The molecule has 0 aliphatic heterocycles. The summed E-state index contributed by atoms with van der Waals surface area (Å²) in [5.74, 6) is -0.748. The van der Waals surface area contributed by atoms with Crippen LogP contribution in [0.5, 0.6) is 0 Å². The summed E-state index contributed by atoms with van der Waals surface area (Å²) in [6.45, 7) is 0.496. The van der Waals surface area contributed by atoms with E-state index in [2.05, 4.69) is 5.32 Å². The monoisotopic (exact) mass is 217 g/mol. The van der Waals surface area contributed by atoms with Crippen LogP contribution < -0.4 is 5.32 Å². The van der Waals surface area contributed by atoms with Gasteiger partial charge in [-0.05, 0) is 12.1 Å². The zero-order valence-corrected chi connectivity index (χ0v) is 8.19. The average molecular weight is 218 g/mol. The van der Waals surface area contributed by atoms with Crippen LogP contribution >= 0.6 is 11.6 Å². The minimum atomic E-state index is -0.589. The fourth-order valence-electron chi connectivity index (χ4n) is 0.979. The molecule has 0 fully saturated rings. The van der Waals surface area contributed by atoms with Crippen molar-refractivity contribution in [1.82, 2.24) is 0 Å². The van der Waals surface area contributed by atoms with Crippen LogP contribution in [0.3, 0.4) is 0 Å². The smallest absolute Gasteiger partial charge is 0.128 e. The van der Waals surface area contributed by atoms with Crippen molar-refractivity contribution in [3.8, 4) is 0 Å². The Morgan fingerprint density at radius 3 is 2.36 bits per heavy atom. The van der Waals surface area contributed by atoms with Crippen LogP contribution in [0.2, 0.25) is 0 Å². The van der Waals surface area contributed by atoms with Crippen LogP contribution in [0.15, 0.2) is 30.4 Å². The summed E-state index contributed by atoms with van der Waals surface area (Å²) >= 11 is 5.40. The number of allylic oxidation sites excluding steroid dienone is 1. The Balaban J connectivity index is 2.54. The molecular weight excluding hydrogens is 208 g/mol. The van der Waals surface area contributed by atoms with Crippen LogP contribution in [0.4, 0.5) is 14.5 Å². The third-order valence-electron chi connectivity index (χ3n) is 1.54. The Labute approximate surface area is 86.4 Å². The number of nitrogens with one attached hydrogen (secondary N) is 1. The van der Waals surface area contributed by atoms with Gasteiger partial charge in [0.1, 0.15) is 11.6 Å². The van der Waals surface area contributed by atoms with Crippen molar-refractivity contribution in [1.29, 1.82) is 0 Å². The molecule has 1 nitrogen and oxygen atoms in total. The van der Waals surface area contributed by atoms with Crippen molar-refractivity contribution < 1.29 is 8.78 Å². The van der Waals surface area contributed by atoms with Crippen LogP contribution in [0, 0.1) is 11.6 Å². The van der Waals surface area contributed by atoms with Gasteiger partial charge in [-0.15, -0.1) is 11.6 Å². The van der Waals surface area contributed by atoms with E-state index in [1.807, 2.05) is 0 Å². The summed E-state index contributed by atoms with van der Waals surface area (Å²) in [6, 6.07) is 3.30. The van der Waals surface area contributed by atoms with Crippen LogP contribution in [-0.2, 0) is 0 Å². The Kier molecular flexibility index (Phi) is 4.40. The van der Waals surface area contributed by atoms with Crippen LogP contribution in [-0.4, -0.2) is 12.4 Å². The molecule has 1 N–H and O–H groups in total. The number of anilines is 1. The molecule has 76 valence electrons. The molecular formula is C10H10ClF2N. The van der Waals surface area contributed by atoms with E-state index >= 15 is 0 Å². The van der Waals surface area contributed by atoms with E-state index in [0.29, 0.717) is 18.1 Å². The van der Waals surface area contributed by atoms with Gasteiger partial charge in [0.25, 0.3) is 0 Å². The second-order valence-electron chi connectivity index (χ2n) is 2.66. The summed E-state index contributed by atoms with van der Waals surface area (Å²) in [5, 5.41) is 2.84. The Hall–Kier alpha value is -1.09. The zero-order valence-electron chi connectivity index (χ0n) is 7.43. The summed E-state index contributed by atoms with van der Waals surface area (Å²) < 4.78 is 25.4. The first-order chi connectivity index (χ1) is 6.72. The number of hydrogen-bond donors (Lipinski definition) is 1. The normalized spacial score (nSPS) is 10.8. The largest absolute Gasteiger partial charge is 0.381 e. The molecule has 0 aromatic heterocycles. The van der Waals surface area contributed by atoms with Gasteiger partial charge in [0, 0.05) is 24.2 Å². The second kappa shape index (κ2) is 5.60. The van der Waals surface area contributed by atoms with Crippen LogP contribution in [0.25, 0.3) is 0 Å². The molecule has 14 heavy (non-hydrogen) atoms. The number of hydrogen-bond acceptors (Lipinski definition) is 1. The summed E-state index contributed by atoms with van der Waals surface area (Å²) in [6.07, 6.45) is 3.54. The average Bonchev–Trinajstić information content (AvgIpc) is 2.11. The van der Waals surface area contributed by atoms with E-state index in [1.165, 1.54) is 12.1 Å². The quantitative estimate of drug-likeness (QED) is 0.604. The highest BCUT2D eigenvalue weighted by atomic mass is 35.5. The molecule has 0 saturated carbocycles. The lowest BCUT2D eigenvalue weighted by atomic mass is 10.3. The molecule has 0 unspecified atom stereocenters. The maximum absolute atomic E-state index is 12.7. The molecule has 0 heterocycles. The molecule has 0 radical (unpaired) electrons. The van der Waals surface area contributed by atoms with Gasteiger partial charge in [0.15, 0.2) is 0 Å². The summed E-state index contributed by atoms with van der Waals surface area (Å²) in [7, 11) is 0. The van der Waals surface area contributed by atoms with E-state index in [9.17, 15) is 8.78 Å². The van der Waals surface area contributed by atoms with Gasteiger partial charge < -0.3 is 5.32 Å². The van der Waals surface area contributed by atoms with Crippen molar-refractivity contribution in [2.24, 2.45) is 0 Å². The van der Waals surface area contributed by atoms with Crippen molar-refractivity contribution in [2.75, 3.05) is 17.7 Å². The SMILES string of the molecule is Fc1cc(F)cc(NC/C=C/CCl)c1. The number of rotatable bonds is 4. The highest BCUT2D eigenvalue weighted by Crippen LogP contribution is 2.12. The Morgan fingerprint density at radius 1 is 1.14 bits per heavy atom. The van der Waals surface area contributed by atoms with Gasteiger partial charge in [-0.3, -0.25) is 0 Å². The first kappa shape index (κ1) is 11.0. The number of halogens is 3. The molecule has 4 heteroatoms. The molecule has 1 rings (SSSR count). The Bertz CT molecular complexity index is 306. The van der Waals surface area contributed by atoms with Crippen molar-refractivity contribution in [3.05, 3.63) is 42.0 Å². The van der Waals surface area contributed by atoms with Crippen molar-refractivity contribution in [3.63, 3.8) is 0 Å². The highest BCUT2D eigenvalue weighted by Gasteiger charge is 1.98. The van der Waals surface area contributed by atoms with E-state index in [0.717, 1.165) is 6.07 Å². The van der Waals surface area contributed by atoms with Crippen molar-refractivity contribution in [2.45, 2.75) is 0 Å². The summed E-state index contributed by atoms with van der Waals surface area (Å²) in [4.78, 5) is 0. The molecule has 0 saturated heterocycles. The molecule has 0 aliphatic carbocycles. The molecule has 0 amide bonds. The van der Waals surface area contributed by atoms with E-state index in [1.54, 1.807) is 12.2 Å². The first-order valence-electron chi connectivity index (χ1n) is 4.13. The Morgan fingerprint density at radius 2 is 1.79 bits per heavy atom. The minimum absolute atomic E-state index is 0.418. The van der Waals surface area contributed by atoms with Gasteiger partial charge in [-0.2, -0.15) is 0 Å². The molecule has 1 aromatic rings. The molecule has 0 bridgehead atoms. The molecule has 0 aliphatic rings. The lowest BCUT2D eigenvalue weighted by molar-refractivity contribution is 0.584. The van der Waals surface area contributed by atoms with Crippen LogP contribution in [0.1, 0.15) is 0 Å². The van der Waals surface area contributed by atoms with E-state index in [4.69, 9.17) is 11.6 Å². The minimum Gasteiger partial charge on any atom is -0.381 e. The highest BCUT2D eigenvalue weighted by molar-refractivity contribution is 6.18. The number of benzene rings is 1. The standard InChI is InChI=1S/C10H10ClF2N/c11-3-1-2-4-14-10-6-8(12)5-9(13)7-10/h1-2,5-7,14H,3-4H2/b2-1+. The van der Waals surface area contributed by atoms with Gasteiger partial charge in [-0.25, -0.2) is 8.78 Å². The fraction of sp³-hybridized carbons (Fsp3) is 0.200. The lowest BCUT2D eigenvalue weighted by Gasteiger charge is -2.03. The van der Waals surface area contributed by atoms with Gasteiger partial charge in [-0.1, -0.05) is 12.2 Å². The molecule has 1 aromatic carbocycles. The maximum atomic E-state index is 12.7.